The molecule has 0 aliphatic carbocycles. The van der Waals surface area contributed by atoms with Gasteiger partial charge in [0, 0.05) is 32.3 Å². The first-order chi connectivity index (χ1) is 15.5. The Bertz CT molecular complexity index is 1060. The highest BCUT2D eigenvalue weighted by Crippen LogP contribution is 2.32. The molecule has 0 spiro atoms. The zero-order valence-electron chi connectivity index (χ0n) is 18.1. The number of anilines is 2. The van der Waals surface area contributed by atoms with Gasteiger partial charge in [0.1, 0.15) is 0 Å². The number of hydrogen-bond acceptors (Lipinski definition) is 5. The van der Waals surface area contributed by atoms with Crippen LogP contribution < -0.4 is 10.2 Å². The van der Waals surface area contributed by atoms with Crippen LogP contribution in [-0.4, -0.2) is 58.0 Å². The summed E-state index contributed by atoms with van der Waals surface area (Å²) in [6, 6.07) is 14.6. The van der Waals surface area contributed by atoms with Crippen molar-refractivity contribution in [2.75, 3.05) is 49.6 Å². The Kier molecular flexibility index (Phi) is 7.24. The molecule has 0 saturated carbocycles. The second kappa shape index (κ2) is 10.3. The van der Waals surface area contributed by atoms with Gasteiger partial charge in [-0.1, -0.05) is 30.3 Å². The zero-order valence-corrected chi connectivity index (χ0v) is 18.9. The van der Waals surface area contributed by atoms with Crippen molar-refractivity contribution in [1.29, 1.82) is 0 Å². The summed E-state index contributed by atoms with van der Waals surface area (Å²) in [5, 5.41) is 2.92. The Morgan fingerprint density at radius 3 is 2.38 bits per heavy atom. The van der Waals surface area contributed by atoms with Crippen LogP contribution in [0, 0.1) is 0 Å². The van der Waals surface area contributed by atoms with Crippen LogP contribution in [0.5, 0.6) is 0 Å². The fourth-order valence-corrected chi connectivity index (χ4v) is 5.47. The summed E-state index contributed by atoms with van der Waals surface area (Å²) < 4.78 is 33.0. The Labute approximate surface area is 189 Å². The molecule has 170 valence electrons. The molecule has 0 bridgehead atoms. The number of ether oxygens (including phenoxy) is 1. The maximum atomic E-state index is 13.2. The van der Waals surface area contributed by atoms with Crippen LogP contribution in [0.1, 0.15) is 24.8 Å². The van der Waals surface area contributed by atoms with Gasteiger partial charge in [0.2, 0.25) is 15.9 Å². The first-order valence-electron chi connectivity index (χ1n) is 11.0. The molecule has 2 aliphatic rings. The summed E-state index contributed by atoms with van der Waals surface area (Å²) >= 11 is 0. The first kappa shape index (κ1) is 22.5. The van der Waals surface area contributed by atoms with Crippen LogP contribution >= 0.6 is 0 Å². The van der Waals surface area contributed by atoms with E-state index in [9.17, 15) is 13.2 Å². The normalized spacial score (nSPS) is 18.1. The van der Waals surface area contributed by atoms with E-state index in [2.05, 4.69) is 10.2 Å². The van der Waals surface area contributed by atoms with Crippen molar-refractivity contribution in [3.8, 4) is 0 Å². The standard InChI is InChI=1S/C24H29N3O4S/c28-24(12-9-20-7-3-1-4-8-20)25-22-19-21(32(29,30)27-15-17-31-18-16-27)10-11-23(22)26-13-5-2-6-14-26/h1,3-4,7-12,19H,2,5-6,13-18H2,(H,25,28)/b12-9+. The molecule has 2 heterocycles. The lowest BCUT2D eigenvalue weighted by Gasteiger charge is -2.31. The van der Waals surface area contributed by atoms with E-state index in [1.807, 2.05) is 36.4 Å². The third-order valence-electron chi connectivity index (χ3n) is 5.76. The number of morpholine rings is 1. The predicted molar refractivity (Wildman–Crippen MR) is 126 cm³/mol. The van der Waals surface area contributed by atoms with Crippen molar-refractivity contribution in [3.05, 3.63) is 60.2 Å². The highest BCUT2D eigenvalue weighted by Gasteiger charge is 2.28. The van der Waals surface area contributed by atoms with Crippen LogP contribution in [0.3, 0.4) is 0 Å². The van der Waals surface area contributed by atoms with Crippen LogP contribution in [0.25, 0.3) is 6.08 Å². The Balaban J connectivity index is 1.61. The van der Waals surface area contributed by atoms with Gasteiger partial charge >= 0.3 is 0 Å². The molecule has 32 heavy (non-hydrogen) atoms. The predicted octanol–water partition coefficient (Wildman–Crippen LogP) is 3.35. The highest BCUT2D eigenvalue weighted by molar-refractivity contribution is 7.89. The molecule has 8 heteroatoms. The van der Waals surface area contributed by atoms with Gasteiger partial charge in [-0.2, -0.15) is 4.31 Å². The van der Waals surface area contributed by atoms with Gasteiger partial charge in [-0.05, 0) is 49.1 Å². The van der Waals surface area contributed by atoms with E-state index in [4.69, 9.17) is 4.74 Å². The van der Waals surface area contributed by atoms with E-state index in [1.54, 1.807) is 18.2 Å². The molecule has 2 saturated heterocycles. The smallest absolute Gasteiger partial charge is 0.248 e. The number of hydrogen-bond donors (Lipinski definition) is 1. The molecule has 2 aromatic carbocycles. The lowest BCUT2D eigenvalue weighted by Crippen LogP contribution is -2.40. The number of sulfonamides is 1. The minimum atomic E-state index is -3.66. The van der Waals surface area contributed by atoms with Crippen LogP contribution in [0.4, 0.5) is 11.4 Å². The zero-order chi connectivity index (χ0) is 22.4. The van der Waals surface area contributed by atoms with E-state index >= 15 is 0 Å². The van der Waals surface area contributed by atoms with Crippen LogP contribution in [0.15, 0.2) is 59.5 Å². The summed E-state index contributed by atoms with van der Waals surface area (Å²) in [5.41, 5.74) is 2.29. The van der Waals surface area contributed by atoms with E-state index in [-0.39, 0.29) is 10.8 Å². The lowest BCUT2D eigenvalue weighted by atomic mass is 10.1. The van der Waals surface area contributed by atoms with E-state index in [1.165, 1.54) is 16.8 Å². The molecule has 1 amide bonds. The molecule has 7 nitrogen and oxygen atoms in total. The van der Waals surface area contributed by atoms with Gasteiger partial charge in [-0.3, -0.25) is 4.79 Å². The number of rotatable bonds is 6. The molecular weight excluding hydrogens is 426 g/mol. The average Bonchev–Trinajstić information content (AvgIpc) is 2.84. The fourth-order valence-electron chi connectivity index (χ4n) is 4.03. The van der Waals surface area contributed by atoms with Crippen LogP contribution in [0.2, 0.25) is 0 Å². The average molecular weight is 456 g/mol. The maximum absolute atomic E-state index is 13.2. The van der Waals surface area contributed by atoms with Crippen LogP contribution in [-0.2, 0) is 19.6 Å². The summed E-state index contributed by atoms with van der Waals surface area (Å²) in [6.07, 6.45) is 6.55. The van der Waals surface area contributed by atoms with Gasteiger partial charge in [-0.25, -0.2) is 8.42 Å². The molecule has 0 atom stereocenters. The topological polar surface area (TPSA) is 79.0 Å². The van der Waals surface area contributed by atoms with E-state index in [0.29, 0.717) is 32.0 Å². The number of nitrogens with zero attached hydrogens (tertiary/aromatic N) is 2. The van der Waals surface area contributed by atoms with Crippen molar-refractivity contribution in [2.24, 2.45) is 0 Å². The SMILES string of the molecule is O=C(/C=C/c1ccccc1)Nc1cc(S(=O)(=O)N2CCOCC2)ccc1N1CCCCC1. The minimum Gasteiger partial charge on any atom is -0.379 e. The van der Waals surface area contributed by atoms with Crippen molar-refractivity contribution in [2.45, 2.75) is 24.2 Å². The van der Waals surface area contributed by atoms with Gasteiger partial charge in [0.05, 0.1) is 29.5 Å². The van der Waals surface area contributed by atoms with Gasteiger partial charge in [0.25, 0.3) is 0 Å². The van der Waals surface area contributed by atoms with E-state index in [0.717, 1.165) is 37.2 Å². The molecular formula is C24H29N3O4S. The van der Waals surface area contributed by atoms with Crippen molar-refractivity contribution in [1.82, 2.24) is 4.31 Å². The second-order valence-corrected chi connectivity index (χ2v) is 9.91. The summed E-state index contributed by atoms with van der Waals surface area (Å²) in [4.78, 5) is 15.1. The van der Waals surface area contributed by atoms with Crippen molar-refractivity contribution >= 4 is 33.4 Å². The first-order valence-corrected chi connectivity index (χ1v) is 12.5. The summed E-state index contributed by atoms with van der Waals surface area (Å²) in [6.45, 7) is 3.21. The Morgan fingerprint density at radius 2 is 1.66 bits per heavy atom. The maximum Gasteiger partial charge on any atom is 0.248 e. The molecule has 2 aromatic rings. The largest absolute Gasteiger partial charge is 0.379 e. The van der Waals surface area contributed by atoms with Crippen molar-refractivity contribution in [3.63, 3.8) is 0 Å². The third kappa shape index (κ3) is 5.38. The Morgan fingerprint density at radius 1 is 0.938 bits per heavy atom. The number of benzene rings is 2. The number of nitrogens with one attached hydrogen (secondary N) is 1. The molecule has 0 radical (unpaired) electrons. The quantitative estimate of drug-likeness (QED) is 0.676. The molecule has 4 rings (SSSR count). The van der Waals surface area contributed by atoms with Crippen molar-refractivity contribution < 1.29 is 17.9 Å². The number of carbonyl (C=O) groups excluding carboxylic acids is 1. The lowest BCUT2D eigenvalue weighted by molar-refractivity contribution is -0.111. The minimum absolute atomic E-state index is 0.183. The number of amides is 1. The summed E-state index contributed by atoms with van der Waals surface area (Å²) in [7, 11) is -3.66. The molecule has 0 aromatic heterocycles. The molecule has 1 N–H and O–H groups in total. The van der Waals surface area contributed by atoms with Gasteiger partial charge < -0.3 is 15.0 Å². The number of carbonyl (C=O) groups is 1. The number of piperidine rings is 1. The molecule has 2 aliphatic heterocycles. The summed E-state index contributed by atoms with van der Waals surface area (Å²) in [5.74, 6) is -0.298. The molecule has 0 unspecified atom stereocenters. The monoisotopic (exact) mass is 455 g/mol. The van der Waals surface area contributed by atoms with Gasteiger partial charge in [0.15, 0.2) is 0 Å². The van der Waals surface area contributed by atoms with E-state index < -0.39 is 10.0 Å². The van der Waals surface area contributed by atoms with Gasteiger partial charge in [-0.15, -0.1) is 0 Å². The molecule has 2 fully saturated rings. The Hall–Kier alpha value is -2.68. The third-order valence-corrected chi connectivity index (χ3v) is 7.65. The highest BCUT2D eigenvalue weighted by atomic mass is 32.2. The fraction of sp³-hybridized carbons (Fsp3) is 0.375. The second-order valence-electron chi connectivity index (χ2n) is 7.98.